The third kappa shape index (κ3) is 3.75. The third-order valence-electron chi connectivity index (χ3n) is 2.67. The van der Waals surface area contributed by atoms with Crippen LogP contribution in [0.25, 0.3) is 0 Å². The van der Waals surface area contributed by atoms with Crippen LogP contribution in [0.2, 0.25) is 0 Å². The van der Waals surface area contributed by atoms with E-state index in [1.807, 2.05) is 26.0 Å². The van der Waals surface area contributed by atoms with Gasteiger partial charge in [0.25, 0.3) is 0 Å². The Bertz CT molecular complexity index is 403. The third-order valence-corrected chi connectivity index (χ3v) is 2.67. The number of ether oxygens (including phenoxy) is 1. The van der Waals surface area contributed by atoms with Gasteiger partial charge in [-0.25, -0.2) is 0 Å². The molecule has 4 nitrogen and oxygen atoms in total. The van der Waals surface area contributed by atoms with E-state index >= 15 is 0 Å². The number of nitrogens with one attached hydrogen (secondary N) is 2. The number of hydrogen-bond acceptors (Lipinski definition) is 3. The molecule has 17 heavy (non-hydrogen) atoms. The van der Waals surface area contributed by atoms with Crippen LogP contribution in [0.15, 0.2) is 12.1 Å². The highest BCUT2D eigenvalue weighted by molar-refractivity contribution is 5.77. The van der Waals surface area contributed by atoms with Crippen molar-refractivity contribution in [2.24, 2.45) is 0 Å². The van der Waals surface area contributed by atoms with Crippen molar-refractivity contribution < 1.29 is 9.53 Å². The average molecular weight is 236 g/mol. The Morgan fingerprint density at radius 1 is 1.29 bits per heavy atom. The summed E-state index contributed by atoms with van der Waals surface area (Å²) in [6.45, 7) is 4.91. The summed E-state index contributed by atoms with van der Waals surface area (Å²) in [5, 5.41) is 5.68. The number of rotatable bonds is 5. The first kappa shape index (κ1) is 13.5. The number of carbonyl (C=O) groups is 1. The molecule has 1 amide bonds. The highest BCUT2D eigenvalue weighted by atomic mass is 16.5. The lowest BCUT2D eigenvalue weighted by atomic mass is 10.0. The van der Waals surface area contributed by atoms with Crippen LogP contribution in [-0.4, -0.2) is 26.6 Å². The van der Waals surface area contributed by atoms with Crippen LogP contribution >= 0.6 is 0 Å². The number of hydrogen-bond donors (Lipinski definition) is 2. The Morgan fingerprint density at radius 2 is 2.00 bits per heavy atom. The molecule has 0 unspecified atom stereocenters. The van der Waals surface area contributed by atoms with Crippen molar-refractivity contribution in [2.45, 2.75) is 20.4 Å². The van der Waals surface area contributed by atoms with E-state index in [1.54, 1.807) is 14.2 Å². The van der Waals surface area contributed by atoms with Gasteiger partial charge < -0.3 is 15.4 Å². The lowest BCUT2D eigenvalue weighted by molar-refractivity contribution is -0.120. The molecule has 1 aromatic carbocycles. The van der Waals surface area contributed by atoms with Crippen molar-refractivity contribution in [2.75, 3.05) is 20.7 Å². The molecule has 0 aliphatic carbocycles. The summed E-state index contributed by atoms with van der Waals surface area (Å²) >= 11 is 0. The number of carbonyl (C=O) groups excluding carboxylic acids is 1. The second-order valence-electron chi connectivity index (χ2n) is 4.06. The fourth-order valence-corrected chi connectivity index (χ4v) is 1.68. The lowest BCUT2D eigenvalue weighted by Crippen LogP contribution is -2.31. The SMILES string of the molecule is CNCC(=O)NCc1cc(C)c(OC)cc1C. The summed E-state index contributed by atoms with van der Waals surface area (Å²) in [4.78, 5) is 11.3. The predicted octanol–water partition coefficient (Wildman–Crippen LogP) is 1.15. The Kier molecular flexibility index (Phi) is 4.97. The summed E-state index contributed by atoms with van der Waals surface area (Å²) in [5.41, 5.74) is 3.32. The molecular weight excluding hydrogens is 216 g/mol. The molecule has 0 bridgehead atoms. The molecule has 1 aromatic rings. The molecular formula is C13H20N2O2. The first-order valence-corrected chi connectivity index (χ1v) is 5.64. The van der Waals surface area contributed by atoms with Gasteiger partial charge in [-0.2, -0.15) is 0 Å². The Hall–Kier alpha value is -1.55. The molecule has 0 aliphatic rings. The second-order valence-corrected chi connectivity index (χ2v) is 4.06. The molecule has 94 valence electrons. The van der Waals surface area contributed by atoms with Gasteiger partial charge in [-0.1, -0.05) is 6.07 Å². The van der Waals surface area contributed by atoms with Crippen LogP contribution in [0.1, 0.15) is 16.7 Å². The first-order valence-electron chi connectivity index (χ1n) is 5.64. The monoisotopic (exact) mass is 236 g/mol. The maximum atomic E-state index is 11.3. The molecule has 0 spiro atoms. The second kappa shape index (κ2) is 6.25. The van der Waals surface area contributed by atoms with Crippen molar-refractivity contribution in [3.63, 3.8) is 0 Å². The van der Waals surface area contributed by atoms with E-state index in [1.165, 1.54) is 0 Å². The van der Waals surface area contributed by atoms with Crippen molar-refractivity contribution in [1.29, 1.82) is 0 Å². The van der Waals surface area contributed by atoms with E-state index < -0.39 is 0 Å². The number of methoxy groups -OCH3 is 1. The normalized spacial score (nSPS) is 10.1. The van der Waals surface area contributed by atoms with Gasteiger partial charge >= 0.3 is 0 Å². The standard InChI is InChI=1S/C13H20N2O2/c1-9-6-12(17-4)10(2)5-11(9)7-15-13(16)8-14-3/h5-6,14H,7-8H2,1-4H3,(H,15,16). The maximum Gasteiger partial charge on any atom is 0.234 e. The Balaban J connectivity index is 2.72. The molecule has 0 aliphatic heterocycles. The van der Waals surface area contributed by atoms with Gasteiger partial charge in [-0.3, -0.25) is 4.79 Å². The van der Waals surface area contributed by atoms with Gasteiger partial charge in [0.1, 0.15) is 5.75 Å². The van der Waals surface area contributed by atoms with E-state index in [2.05, 4.69) is 10.6 Å². The summed E-state index contributed by atoms with van der Waals surface area (Å²) in [5.74, 6) is 0.883. The molecule has 0 saturated heterocycles. The number of aryl methyl sites for hydroxylation is 2. The molecule has 0 atom stereocenters. The van der Waals surface area contributed by atoms with Crippen molar-refractivity contribution in [1.82, 2.24) is 10.6 Å². The summed E-state index contributed by atoms with van der Waals surface area (Å²) in [6, 6.07) is 4.04. The van der Waals surface area contributed by atoms with Crippen LogP contribution < -0.4 is 15.4 Å². The first-order chi connectivity index (χ1) is 8.08. The Labute approximate surface area is 102 Å². The quantitative estimate of drug-likeness (QED) is 0.806. The molecule has 0 saturated carbocycles. The van der Waals surface area contributed by atoms with Gasteiger partial charge in [0.2, 0.25) is 5.91 Å². The fraction of sp³-hybridized carbons (Fsp3) is 0.462. The molecule has 0 radical (unpaired) electrons. The van der Waals surface area contributed by atoms with Crippen LogP contribution in [0.4, 0.5) is 0 Å². The molecule has 4 heteroatoms. The molecule has 2 N–H and O–H groups in total. The van der Waals surface area contributed by atoms with Gasteiger partial charge in [0, 0.05) is 6.54 Å². The van der Waals surface area contributed by atoms with Crippen LogP contribution in [0, 0.1) is 13.8 Å². The molecule has 0 aromatic heterocycles. The Morgan fingerprint density at radius 3 is 2.59 bits per heavy atom. The zero-order valence-electron chi connectivity index (χ0n) is 10.9. The van der Waals surface area contributed by atoms with Crippen molar-refractivity contribution >= 4 is 5.91 Å². The van der Waals surface area contributed by atoms with Gasteiger partial charge in [-0.15, -0.1) is 0 Å². The fourth-order valence-electron chi connectivity index (χ4n) is 1.68. The topological polar surface area (TPSA) is 50.4 Å². The molecule has 0 heterocycles. The van der Waals surface area contributed by atoms with Crippen LogP contribution in [0.3, 0.4) is 0 Å². The summed E-state index contributed by atoms with van der Waals surface area (Å²) in [7, 11) is 3.42. The average Bonchev–Trinajstić information content (AvgIpc) is 2.30. The zero-order chi connectivity index (χ0) is 12.8. The minimum Gasteiger partial charge on any atom is -0.496 e. The number of likely N-dealkylation sites (N-methyl/N-ethyl adjacent to an activating group) is 1. The molecule has 0 fully saturated rings. The van der Waals surface area contributed by atoms with Crippen LogP contribution in [-0.2, 0) is 11.3 Å². The van der Waals surface area contributed by atoms with E-state index in [9.17, 15) is 4.79 Å². The lowest BCUT2D eigenvalue weighted by Gasteiger charge is -2.12. The van der Waals surface area contributed by atoms with E-state index in [-0.39, 0.29) is 5.91 Å². The van der Waals surface area contributed by atoms with Gasteiger partial charge in [-0.05, 0) is 43.7 Å². The largest absolute Gasteiger partial charge is 0.496 e. The van der Waals surface area contributed by atoms with E-state index in [0.717, 1.165) is 22.4 Å². The smallest absolute Gasteiger partial charge is 0.234 e. The number of benzene rings is 1. The van der Waals surface area contributed by atoms with Gasteiger partial charge in [0.05, 0.1) is 13.7 Å². The minimum absolute atomic E-state index is 0.000344. The van der Waals surface area contributed by atoms with Crippen LogP contribution in [0.5, 0.6) is 5.75 Å². The highest BCUT2D eigenvalue weighted by Gasteiger charge is 2.06. The summed E-state index contributed by atoms with van der Waals surface area (Å²) < 4.78 is 5.25. The van der Waals surface area contributed by atoms with Crippen molar-refractivity contribution in [3.05, 3.63) is 28.8 Å². The zero-order valence-corrected chi connectivity index (χ0v) is 10.9. The predicted molar refractivity (Wildman–Crippen MR) is 68.2 cm³/mol. The number of amides is 1. The summed E-state index contributed by atoms with van der Waals surface area (Å²) in [6.07, 6.45) is 0. The van der Waals surface area contributed by atoms with Gasteiger partial charge in [0.15, 0.2) is 0 Å². The van der Waals surface area contributed by atoms with Crippen molar-refractivity contribution in [3.8, 4) is 5.75 Å². The maximum absolute atomic E-state index is 11.3. The van der Waals surface area contributed by atoms with E-state index in [0.29, 0.717) is 13.1 Å². The minimum atomic E-state index is 0.000344. The molecule has 1 rings (SSSR count). The van der Waals surface area contributed by atoms with E-state index in [4.69, 9.17) is 4.74 Å². The highest BCUT2D eigenvalue weighted by Crippen LogP contribution is 2.22.